The van der Waals surface area contributed by atoms with Gasteiger partial charge in [-0.05, 0) is 39.5 Å². The van der Waals surface area contributed by atoms with Crippen LogP contribution in [0.3, 0.4) is 0 Å². The number of carbonyl (C=O) groups excluding carboxylic acids is 2. The summed E-state index contributed by atoms with van der Waals surface area (Å²) < 4.78 is 20.5. The molecule has 0 aliphatic carbocycles. The van der Waals surface area contributed by atoms with E-state index < -0.39 is 28.5 Å². The van der Waals surface area contributed by atoms with E-state index in [1.807, 2.05) is 0 Å². The van der Waals surface area contributed by atoms with Crippen molar-refractivity contribution in [1.29, 1.82) is 0 Å². The van der Waals surface area contributed by atoms with Gasteiger partial charge in [0.05, 0.1) is 13.0 Å². The molecule has 0 saturated heterocycles. The van der Waals surface area contributed by atoms with Gasteiger partial charge in [0.2, 0.25) is 5.69 Å². The van der Waals surface area contributed by atoms with E-state index in [1.165, 1.54) is 14.2 Å². The lowest BCUT2D eigenvalue weighted by Crippen LogP contribution is -2.32. The molecular formula is C12H23O6PS2. The van der Waals surface area contributed by atoms with Gasteiger partial charge < -0.3 is 18.5 Å². The molecule has 0 spiro atoms. The predicted molar refractivity (Wildman–Crippen MR) is 86.8 cm³/mol. The number of ether oxygens (including phenoxy) is 2. The number of esters is 2. The molecule has 0 aromatic heterocycles. The molecule has 0 saturated carbocycles. The number of hydrogen-bond donors (Lipinski definition) is 0. The maximum Gasteiger partial charge on any atom is 0.320 e. The van der Waals surface area contributed by atoms with E-state index in [2.05, 4.69) is 0 Å². The monoisotopic (exact) mass is 358 g/mol. The summed E-state index contributed by atoms with van der Waals surface area (Å²) in [5.74, 6) is -1.03. The summed E-state index contributed by atoms with van der Waals surface area (Å²) in [6.45, 7) is 7.19. The molecule has 1 atom stereocenters. The van der Waals surface area contributed by atoms with Crippen LogP contribution in [0.25, 0.3) is 0 Å². The van der Waals surface area contributed by atoms with Gasteiger partial charge in [0, 0.05) is 14.2 Å². The standard InChI is InChI=1S/C12H23O6PS2/c1-7-17-10(13)8-9(11(14)18-12(2,3)4)21-19(20,15-5)16-6/h9H,7-8H2,1-6H3. The lowest BCUT2D eigenvalue weighted by atomic mass is 10.2. The van der Waals surface area contributed by atoms with Crippen molar-refractivity contribution in [3.63, 3.8) is 0 Å². The second-order valence-electron chi connectivity index (χ2n) is 4.95. The summed E-state index contributed by atoms with van der Waals surface area (Å²) in [6.07, 6.45) is -0.140. The van der Waals surface area contributed by atoms with Gasteiger partial charge in [0.1, 0.15) is 10.9 Å². The molecule has 6 nitrogen and oxygen atoms in total. The highest BCUT2D eigenvalue weighted by atomic mass is 32.9. The van der Waals surface area contributed by atoms with Gasteiger partial charge in [-0.1, -0.05) is 11.4 Å². The second kappa shape index (κ2) is 9.10. The molecule has 0 heterocycles. The number of rotatable bonds is 8. The Labute approximate surface area is 135 Å². The van der Waals surface area contributed by atoms with Crippen molar-refractivity contribution >= 4 is 40.8 Å². The van der Waals surface area contributed by atoms with E-state index in [1.54, 1.807) is 27.7 Å². The zero-order valence-electron chi connectivity index (χ0n) is 13.2. The predicted octanol–water partition coefficient (Wildman–Crippen LogP) is 2.90. The van der Waals surface area contributed by atoms with Crippen molar-refractivity contribution in [1.82, 2.24) is 0 Å². The average molecular weight is 358 g/mol. The van der Waals surface area contributed by atoms with E-state index in [0.717, 1.165) is 11.4 Å². The fourth-order valence-corrected chi connectivity index (χ4v) is 5.06. The highest BCUT2D eigenvalue weighted by Crippen LogP contribution is 2.62. The van der Waals surface area contributed by atoms with Crippen LogP contribution in [0.4, 0.5) is 0 Å². The SMILES string of the molecule is CCOC(=O)CC(SP(=S)(OC)OC)C(=O)OC(C)(C)C. The molecule has 0 aromatic carbocycles. The smallest absolute Gasteiger partial charge is 0.320 e. The zero-order valence-corrected chi connectivity index (χ0v) is 15.7. The molecule has 0 aliphatic heterocycles. The van der Waals surface area contributed by atoms with Crippen molar-refractivity contribution in [3.05, 3.63) is 0 Å². The third-order valence-corrected chi connectivity index (χ3v) is 7.90. The summed E-state index contributed by atoms with van der Waals surface area (Å²) in [4.78, 5) is 23.9. The minimum Gasteiger partial charge on any atom is -0.466 e. The molecule has 0 bridgehead atoms. The maximum atomic E-state index is 12.2. The van der Waals surface area contributed by atoms with Crippen molar-refractivity contribution in [2.24, 2.45) is 0 Å². The summed E-state index contributed by atoms with van der Waals surface area (Å²) >= 11 is 6.23. The summed E-state index contributed by atoms with van der Waals surface area (Å²) in [5, 5.41) is -0.825. The van der Waals surface area contributed by atoms with Crippen LogP contribution in [-0.4, -0.2) is 43.6 Å². The second-order valence-corrected chi connectivity index (χ2v) is 11.6. The van der Waals surface area contributed by atoms with Gasteiger partial charge in [-0.25, -0.2) is 0 Å². The topological polar surface area (TPSA) is 71.1 Å². The molecule has 0 rings (SSSR count). The Bertz CT molecular complexity index is 399. The maximum absolute atomic E-state index is 12.2. The first-order chi connectivity index (χ1) is 9.56. The fourth-order valence-electron chi connectivity index (χ4n) is 1.22. The minimum atomic E-state index is -2.69. The minimum absolute atomic E-state index is 0.140. The van der Waals surface area contributed by atoms with Crippen LogP contribution in [0.1, 0.15) is 34.1 Å². The molecule has 0 N–H and O–H groups in total. The van der Waals surface area contributed by atoms with E-state index in [9.17, 15) is 9.59 Å². The largest absolute Gasteiger partial charge is 0.466 e. The third-order valence-electron chi connectivity index (χ3n) is 2.03. The zero-order chi connectivity index (χ0) is 16.7. The summed E-state index contributed by atoms with van der Waals surface area (Å²) in [6, 6.07) is 0. The average Bonchev–Trinajstić information content (AvgIpc) is 2.36. The quantitative estimate of drug-likeness (QED) is 0.484. The van der Waals surface area contributed by atoms with Crippen LogP contribution in [-0.2, 0) is 39.9 Å². The van der Waals surface area contributed by atoms with Crippen LogP contribution in [0.2, 0.25) is 0 Å². The van der Waals surface area contributed by atoms with Crippen LogP contribution < -0.4 is 0 Å². The van der Waals surface area contributed by atoms with Gasteiger partial charge in [-0.2, -0.15) is 0 Å². The van der Waals surface area contributed by atoms with Gasteiger partial charge in [0.15, 0.2) is 0 Å². The Hall–Kier alpha value is -0.140. The Morgan fingerprint density at radius 2 is 1.76 bits per heavy atom. The first kappa shape index (κ1) is 20.9. The first-order valence-electron chi connectivity index (χ1n) is 6.35. The normalized spacial score (nSPS) is 13.6. The summed E-state index contributed by atoms with van der Waals surface area (Å²) in [7, 11) is 2.82. The number of hydrogen-bond acceptors (Lipinski definition) is 8. The fraction of sp³-hybridized carbons (Fsp3) is 0.833. The highest BCUT2D eigenvalue weighted by Gasteiger charge is 2.34. The molecular weight excluding hydrogens is 335 g/mol. The molecule has 124 valence electrons. The molecule has 0 amide bonds. The molecule has 9 heteroatoms. The van der Waals surface area contributed by atoms with Crippen molar-refractivity contribution in [2.45, 2.75) is 45.0 Å². The van der Waals surface area contributed by atoms with E-state index in [4.69, 9.17) is 30.3 Å². The van der Waals surface area contributed by atoms with Gasteiger partial charge in [-0.3, -0.25) is 9.59 Å². The Morgan fingerprint density at radius 1 is 1.24 bits per heavy atom. The van der Waals surface area contributed by atoms with Gasteiger partial charge in [0.25, 0.3) is 0 Å². The lowest BCUT2D eigenvalue weighted by molar-refractivity contribution is -0.157. The molecule has 0 aromatic rings. The highest BCUT2D eigenvalue weighted by molar-refractivity contribution is 8.68. The summed E-state index contributed by atoms with van der Waals surface area (Å²) in [5.41, 5.74) is -3.35. The van der Waals surface area contributed by atoms with Crippen molar-refractivity contribution in [3.8, 4) is 0 Å². The Kier molecular flexibility index (Phi) is 9.04. The molecule has 21 heavy (non-hydrogen) atoms. The third kappa shape index (κ3) is 8.78. The lowest BCUT2D eigenvalue weighted by Gasteiger charge is -2.26. The van der Waals surface area contributed by atoms with E-state index >= 15 is 0 Å². The molecule has 1 unspecified atom stereocenters. The van der Waals surface area contributed by atoms with Gasteiger partial charge in [-0.15, -0.1) is 0 Å². The Balaban J connectivity index is 5.05. The van der Waals surface area contributed by atoms with Crippen LogP contribution in [0.5, 0.6) is 0 Å². The van der Waals surface area contributed by atoms with Crippen LogP contribution in [0.15, 0.2) is 0 Å². The molecule has 0 aliphatic rings. The van der Waals surface area contributed by atoms with Gasteiger partial charge >= 0.3 is 11.9 Å². The van der Waals surface area contributed by atoms with E-state index in [-0.39, 0.29) is 13.0 Å². The molecule has 0 radical (unpaired) electrons. The van der Waals surface area contributed by atoms with Crippen LogP contribution in [0, 0.1) is 0 Å². The van der Waals surface area contributed by atoms with Crippen molar-refractivity contribution in [2.75, 3.05) is 20.8 Å². The Morgan fingerprint density at radius 3 is 2.14 bits per heavy atom. The van der Waals surface area contributed by atoms with Crippen molar-refractivity contribution < 1.29 is 28.1 Å². The number of carbonyl (C=O) groups is 2. The van der Waals surface area contributed by atoms with E-state index in [0.29, 0.717) is 0 Å². The van der Waals surface area contributed by atoms with Crippen LogP contribution >= 0.6 is 17.1 Å². The molecule has 0 fully saturated rings. The first-order valence-corrected chi connectivity index (χ1v) is 10.5.